The summed E-state index contributed by atoms with van der Waals surface area (Å²) in [6, 6.07) is 4.36. The van der Waals surface area contributed by atoms with Crippen LogP contribution in [0.25, 0.3) is 0 Å². The average molecular weight is 292 g/mol. The predicted octanol–water partition coefficient (Wildman–Crippen LogP) is 2.33. The van der Waals surface area contributed by atoms with Gasteiger partial charge in [-0.3, -0.25) is 4.79 Å². The van der Waals surface area contributed by atoms with Crippen molar-refractivity contribution >= 4 is 11.6 Å². The molecular weight excluding hydrogens is 271 g/mol. The monoisotopic (exact) mass is 292 g/mol. The van der Waals surface area contributed by atoms with E-state index < -0.39 is 0 Å². The Kier molecular flexibility index (Phi) is 4.10. The van der Waals surface area contributed by atoms with Crippen molar-refractivity contribution < 1.29 is 13.9 Å². The highest BCUT2D eigenvalue weighted by atomic mass is 19.1. The number of ether oxygens (including phenoxy) is 1. The van der Waals surface area contributed by atoms with Gasteiger partial charge in [-0.25, -0.2) is 4.39 Å². The summed E-state index contributed by atoms with van der Waals surface area (Å²) in [5.41, 5.74) is 0.684. The van der Waals surface area contributed by atoms with Crippen molar-refractivity contribution in [3.8, 4) is 5.75 Å². The number of rotatable bonds is 3. The van der Waals surface area contributed by atoms with Crippen molar-refractivity contribution in [1.29, 1.82) is 0 Å². The van der Waals surface area contributed by atoms with E-state index >= 15 is 0 Å². The summed E-state index contributed by atoms with van der Waals surface area (Å²) >= 11 is 0. The van der Waals surface area contributed by atoms with Crippen LogP contribution in [0.2, 0.25) is 0 Å². The molecule has 114 valence electrons. The molecule has 1 amide bonds. The SMILES string of the molecule is CC1CN(C(=O)CCC2CCNC2)c2ccc(F)cc2O1. The maximum Gasteiger partial charge on any atom is 0.227 e. The quantitative estimate of drug-likeness (QED) is 0.929. The Morgan fingerprint density at radius 3 is 3.14 bits per heavy atom. The molecule has 2 unspecified atom stereocenters. The number of nitrogens with zero attached hydrogens (tertiary/aromatic N) is 1. The number of halogens is 1. The zero-order valence-electron chi connectivity index (χ0n) is 12.3. The molecule has 5 heteroatoms. The van der Waals surface area contributed by atoms with Crippen LogP contribution in [-0.2, 0) is 4.79 Å². The molecule has 2 aliphatic rings. The molecule has 0 aromatic heterocycles. The second kappa shape index (κ2) is 6.02. The number of nitrogens with one attached hydrogen (secondary N) is 1. The lowest BCUT2D eigenvalue weighted by Gasteiger charge is -2.33. The van der Waals surface area contributed by atoms with Crippen LogP contribution in [-0.4, -0.2) is 31.6 Å². The largest absolute Gasteiger partial charge is 0.487 e. The molecule has 4 nitrogen and oxygen atoms in total. The van der Waals surface area contributed by atoms with Crippen molar-refractivity contribution in [2.45, 2.75) is 32.3 Å². The van der Waals surface area contributed by atoms with Crippen molar-refractivity contribution in [3.63, 3.8) is 0 Å². The Labute approximate surface area is 124 Å². The molecule has 0 bridgehead atoms. The number of carbonyl (C=O) groups excluding carboxylic acids is 1. The Morgan fingerprint density at radius 2 is 2.38 bits per heavy atom. The van der Waals surface area contributed by atoms with Crippen LogP contribution in [0.5, 0.6) is 5.75 Å². The third-order valence-electron chi connectivity index (χ3n) is 4.21. The minimum atomic E-state index is -0.340. The molecule has 0 spiro atoms. The fourth-order valence-electron chi connectivity index (χ4n) is 3.07. The molecule has 0 saturated carbocycles. The normalized spacial score (nSPS) is 24.6. The van der Waals surface area contributed by atoms with Crippen molar-refractivity contribution in [3.05, 3.63) is 24.0 Å². The van der Waals surface area contributed by atoms with E-state index in [1.807, 2.05) is 6.92 Å². The van der Waals surface area contributed by atoms with Crippen molar-refractivity contribution in [2.24, 2.45) is 5.92 Å². The van der Waals surface area contributed by atoms with Gasteiger partial charge in [0.2, 0.25) is 5.91 Å². The van der Waals surface area contributed by atoms with Crippen LogP contribution in [0, 0.1) is 11.7 Å². The molecule has 2 atom stereocenters. The van der Waals surface area contributed by atoms with Gasteiger partial charge in [0.1, 0.15) is 17.7 Å². The standard InChI is InChI=1S/C16H21FN2O2/c1-11-10-19(14-4-3-13(17)8-15(14)21-11)16(20)5-2-12-6-7-18-9-12/h3-4,8,11-12,18H,2,5-7,9-10H2,1H3. The molecule has 21 heavy (non-hydrogen) atoms. The second-order valence-corrected chi connectivity index (χ2v) is 5.94. The van der Waals surface area contributed by atoms with Crippen molar-refractivity contribution in [2.75, 3.05) is 24.5 Å². The van der Waals surface area contributed by atoms with E-state index in [4.69, 9.17) is 4.74 Å². The topological polar surface area (TPSA) is 41.6 Å². The maximum atomic E-state index is 13.3. The highest BCUT2D eigenvalue weighted by Crippen LogP contribution is 2.34. The Balaban J connectivity index is 1.70. The van der Waals surface area contributed by atoms with E-state index in [1.165, 1.54) is 12.1 Å². The summed E-state index contributed by atoms with van der Waals surface area (Å²) in [4.78, 5) is 14.2. The predicted molar refractivity (Wildman–Crippen MR) is 79.1 cm³/mol. The molecular formula is C16H21FN2O2. The molecule has 2 aliphatic heterocycles. The number of fused-ring (bicyclic) bond motifs is 1. The molecule has 3 rings (SSSR count). The minimum absolute atomic E-state index is 0.102. The van der Waals surface area contributed by atoms with Crippen LogP contribution in [0.15, 0.2) is 18.2 Å². The third-order valence-corrected chi connectivity index (χ3v) is 4.21. The smallest absolute Gasteiger partial charge is 0.227 e. The summed E-state index contributed by atoms with van der Waals surface area (Å²) in [6.07, 6.45) is 2.48. The first-order chi connectivity index (χ1) is 10.1. The fraction of sp³-hybridized carbons (Fsp3) is 0.562. The van der Waals surface area contributed by atoms with Gasteiger partial charge < -0.3 is 15.0 Å². The molecule has 0 aliphatic carbocycles. The summed E-state index contributed by atoms with van der Waals surface area (Å²) in [7, 11) is 0. The number of anilines is 1. The summed E-state index contributed by atoms with van der Waals surface area (Å²) in [5.74, 6) is 0.821. The molecule has 2 heterocycles. The summed E-state index contributed by atoms with van der Waals surface area (Å²) < 4.78 is 18.9. The Hall–Kier alpha value is -1.62. The Bertz CT molecular complexity index is 529. The molecule has 1 N–H and O–H groups in total. The fourth-order valence-corrected chi connectivity index (χ4v) is 3.07. The number of carbonyl (C=O) groups is 1. The highest BCUT2D eigenvalue weighted by Gasteiger charge is 2.28. The first-order valence-electron chi connectivity index (χ1n) is 7.61. The zero-order chi connectivity index (χ0) is 14.8. The van der Waals surface area contributed by atoms with Crippen LogP contribution < -0.4 is 15.0 Å². The summed E-state index contributed by atoms with van der Waals surface area (Å²) in [6.45, 7) is 4.49. The van der Waals surface area contributed by atoms with Gasteiger partial charge in [0.05, 0.1) is 12.2 Å². The van der Waals surface area contributed by atoms with E-state index in [0.717, 1.165) is 25.9 Å². The lowest BCUT2D eigenvalue weighted by molar-refractivity contribution is -0.119. The van der Waals surface area contributed by atoms with Crippen LogP contribution in [0.4, 0.5) is 10.1 Å². The van der Waals surface area contributed by atoms with Gasteiger partial charge in [0.25, 0.3) is 0 Å². The van der Waals surface area contributed by atoms with Crippen molar-refractivity contribution in [1.82, 2.24) is 5.32 Å². The van der Waals surface area contributed by atoms with Gasteiger partial charge in [-0.05, 0) is 50.9 Å². The number of benzene rings is 1. The lowest BCUT2D eigenvalue weighted by atomic mass is 10.0. The molecule has 1 aromatic carbocycles. The molecule has 0 radical (unpaired) electrons. The van der Waals surface area contributed by atoms with Gasteiger partial charge in [-0.15, -0.1) is 0 Å². The number of amides is 1. The van der Waals surface area contributed by atoms with E-state index in [9.17, 15) is 9.18 Å². The van der Waals surface area contributed by atoms with E-state index in [-0.39, 0.29) is 17.8 Å². The van der Waals surface area contributed by atoms with E-state index in [0.29, 0.717) is 30.3 Å². The third kappa shape index (κ3) is 3.18. The van der Waals surface area contributed by atoms with Crippen LogP contribution in [0.1, 0.15) is 26.2 Å². The minimum Gasteiger partial charge on any atom is -0.487 e. The average Bonchev–Trinajstić information content (AvgIpc) is 2.96. The molecule has 1 fully saturated rings. The zero-order valence-corrected chi connectivity index (χ0v) is 12.3. The lowest BCUT2D eigenvalue weighted by Crippen LogP contribution is -2.42. The van der Waals surface area contributed by atoms with Gasteiger partial charge in [-0.1, -0.05) is 0 Å². The van der Waals surface area contributed by atoms with E-state index in [2.05, 4.69) is 5.32 Å². The van der Waals surface area contributed by atoms with Gasteiger partial charge in [-0.2, -0.15) is 0 Å². The molecule has 1 aromatic rings. The number of hydrogen-bond donors (Lipinski definition) is 1. The Morgan fingerprint density at radius 1 is 1.52 bits per heavy atom. The highest BCUT2D eigenvalue weighted by molar-refractivity contribution is 5.95. The van der Waals surface area contributed by atoms with Gasteiger partial charge in [0, 0.05) is 12.5 Å². The van der Waals surface area contributed by atoms with Gasteiger partial charge >= 0.3 is 0 Å². The van der Waals surface area contributed by atoms with Crippen LogP contribution >= 0.6 is 0 Å². The second-order valence-electron chi connectivity index (χ2n) is 5.94. The van der Waals surface area contributed by atoms with E-state index in [1.54, 1.807) is 11.0 Å². The first kappa shape index (κ1) is 14.3. The molecule has 1 saturated heterocycles. The van der Waals surface area contributed by atoms with Crippen LogP contribution in [0.3, 0.4) is 0 Å². The number of hydrogen-bond acceptors (Lipinski definition) is 3. The van der Waals surface area contributed by atoms with Gasteiger partial charge in [0.15, 0.2) is 0 Å². The first-order valence-corrected chi connectivity index (χ1v) is 7.61. The maximum absolute atomic E-state index is 13.3. The summed E-state index contributed by atoms with van der Waals surface area (Å²) in [5, 5.41) is 3.32.